The Hall–Kier alpha value is -6.57. The highest BCUT2D eigenvalue weighted by Crippen LogP contribution is 2.59. The third-order valence-electron chi connectivity index (χ3n) is 15.7. The number of hydrogen-bond donors (Lipinski definition) is 0. The van der Waals surface area contributed by atoms with E-state index in [1.807, 2.05) is 0 Å². The number of hydrogen-bond acceptors (Lipinski definition) is 1. The number of fused-ring (bicyclic) bond motifs is 12. The summed E-state index contributed by atoms with van der Waals surface area (Å²) in [6, 6.07) is 67.1. The van der Waals surface area contributed by atoms with Gasteiger partial charge in [-0.2, -0.15) is 0 Å². The largest absolute Gasteiger partial charge is 0.248 e. The molecule has 0 aliphatic heterocycles. The maximum atomic E-state index is 5.30. The summed E-state index contributed by atoms with van der Waals surface area (Å²) in [6.45, 7) is 0. The van der Waals surface area contributed by atoms with Crippen molar-refractivity contribution in [1.29, 1.82) is 0 Å². The Morgan fingerprint density at radius 2 is 0.742 bits per heavy atom. The topological polar surface area (TPSA) is 12.9 Å². The number of benzene rings is 8. The Bertz CT molecular complexity index is 3250. The summed E-state index contributed by atoms with van der Waals surface area (Å²) in [7, 11) is 0. The SMILES string of the molecule is c1ccc(-c2cccc(-c3ccc4c(-c5ccc6c(c5)C5(CCCCC5)c5ccccc5-6)c5ccccc5c(-c5ccc6c(c5)C5(CCCCC5)c5ccccc5-6)c4c3)n2)cc1. The summed E-state index contributed by atoms with van der Waals surface area (Å²) in [5, 5.41) is 5.21. The van der Waals surface area contributed by atoms with Crippen LogP contribution in [-0.4, -0.2) is 4.98 Å². The first-order valence-electron chi connectivity index (χ1n) is 23.2. The summed E-state index contributed by atoms with van der Waals surface area (Å²) in [5.41, 5.74) is 21.6. The normalized spacial score (nSPS) is 16.6. The molecular formula is C61H49N. The van der Waals surface area contributed by atoms with Crippen LogP contribution < -0.4 is 0 Å². The van der Waals surface area contributed by atoms with E-state index in [2.05, 4.69) is 176 Å². The van der Waals surface area contributed by atoms with Crippen molar-refractivity contribution in [3.8, 4) is 67.0 Å². The fourth-order valence-electron chi connectivity index (χ4n) is 12.9. The lowest BCUT2D eigenvalue weighted by Crippen LogP contribution is -2.28. The molecule has 1 nitrogen and oxygen atoms in total. The lowest BCUT2D eigenvalue weighted by Gasteiger charge is -2.36. The molecule has 13 rings (SSSR count). The molecule has 1 aromatic heterocycles. The number of rotatable bonds is 4. The van der Waals surface area contributed by atoms with Gasteiger partial charge in [0.05, 0.1) is 11.4 Å². The van der Waals surface area contributed by atoms with Crippen LogP contribution in [0.1, 0.15) is 86.5 Å². The molecule has 0 amide bonds. The van der Waals surface area contributed by atoms with Gasteiger partial charge in [-0.1, -0.05) is 184 Å². The van der Waals surface area contributed by atoms with Crippen LogP contribution in [0.15, 0.2) is 176 Å². The van der Waals surface area contributed by atoms with Crippen molar-refractivity contribution in [2.75, 3.05) is 0 Å². The molecule has 2 spiro atoms. The first-order valence-corrected chi connectivity index (χ1v) is 23.2. The lowest BCUT2D eigenvalue weighted by atomic mass is 9.67. The molecule has 62 heavy (non-hydrogen) atoms. The third kappa shape index (κ3) is 5.24. The zero-order chi connectivity index (χ0) is 40.8. The van der Waals surface area contributed by atoms with Crippen molar-refractivity contribution in [1.82, 2.24) is 4.98 Å². The first-order chi connectivity index (χ1) is 30.7. The highest BCUT2D eigenvalue weighted by atomic mass is 14.7. The molecule has 0 saturated heterocycles. The van der Waals surface area contributed by atoms with Gasteiger partial charge in [0.1, 0.15) is 0 Å². The standard InChI is InChI=1S/C61H49N/c1-4-17-40(18-5-1)56-25-16-26-57(62-56)41-27-32-50-51(37-41)59(43-29-31-47-45-20-9-11-24-53(45)61(55(47)39-43)35-14-3-15-36-61)49-22-7-6-21-48(49)58(50)42-28-30-46-44-19-8-10-23-52(44)60(54(46)38-42)33-12-2-13-34-60/h1,4-11,16-32,37-39H,2-3,12-15,33-36H2. The smallest absolute Gasteiger partial charge is 0.0709 e. The Morgan fingerprint density at radius 3 is 1.32 bits per heavy atom. The minimum Gasteiger partial charge on any atom is -0.248 e. The second-order valence-electron chi connectivity index (χ2n) is 18.7. The van der Waals surface area contributed by atoms with E-state index in [9.17, 15) is 0 Å². The first kappa shape index (κ1) is 36.1. The molecule has 0 unspecified atom stereocenters. The van der Waals surface area contributed by atoms with E-state index in [-0.39, 0.29) is 10.8 Å². The van der Waals surface area contributed by atoms with Crippen LogP contribution in [0.5, 0.6) is 0 Å². The highest BCUT2D eigenvalue weighted by molar-refractivity contribution is 6.22. The van der Waals surface area contributed by atoms with Crippen LogP contribution in [0.25, 0.3) is 88.6 Å². The third-order valence-corrected chi connectivity index (χ3v) is 15.7. The second-order valence-corrected chi connectivity index (χ2v) is 18.7. The Labute approximate surface area is 365 Å². The van der Waals surface area contributed by atoms with Crippen LogP contribution in [0.4, 0.5) is 0 Å². The predicted octanol–water partition coefficient (Wildman–Crippen LogP) is 16.5. The van der Waals surface area contributed by atoms with Crippen molar-refractivity contribution in [3.05, 3.63) is 198 Å². The van der Waals surface area contributed by atoms with Crippen molar-refractivity contribution in [2.45, 2.75) is 75.0 Å². The minimum absolute atomic E-state index is 0.0791. The van der Waals surface area contributed by atoms with Crippen LogP contribution in [0, 0.1) is 0 Å². The van der Waals surface area contributed by atoms with Crippen molar-refractivity contribution >= 4 is 21.5 Å². The zero-order valence-electron chi connectivity index (χ0n) is 35.3. The Kier molecular flexibility index (Phi) is 8.14. The molecule has 4 aliphatic carbocycles. The molecule has 298 valence electrons. The highest BCUT2D eigenvalue weighted by Gasteiger charge is 2.45. The molecule has 2 fully saturated rings. The van der Waals surface area contributed by atoms with Crippen molar-refractivity contribution in [3.63, 3.8) is 0 Å². The molecule has 0 bridgehead atoms. The van der Waals surface area contributed by atoms with Crippen LogP contribution in [-0.2, 0) is 10.8 Å². The van der Waals surface area contributed by atoms with Gasteiger partial charge in [-0.15, -0.1) is 0 Å². The van der Waals surface area contributed by atoms with Gasteiger partial charge in [-0.05, 0) is 144 Å². The Balaban J connectivity index is 1.07. The van der Waals surface area contributed by atoms with Crippen LogP contribution in [0.3, 0.4) is 0 Å². The van der Waals surface area contributed by atoms with Crippen molar-refractivity contribution < 1.29 is 0 Å². The number of aromatic nitrogens is 1. The summed E-state index contributed by atoms with van der Waals surface area (Å²) in [5.74, 6) is 0. The lowest BCUT2D eigenvalue weighted by molar-refractivity contribution is 0.353. The second kappa shape index (κ2) is 14.0. The minimum atomic E-state index is 0.0791. The molecule has 1 heteroatoms. The van der Waals surface area contributed by atoms with Gasteiger partial charge in [-0.25, -0.2) is 4.98 Å². The van der Waals surface area contributed by atoms with Gasteiger partial charge in [0, 0.05) is 22.0 Å². The molecule has 8 aromatic carbocycles. The summed E-state index contributed by atoms with van der Waals surface area (Å²) in [4.78, 5) is 5.30. The van der Waals surface area contributed by atoms with Gasteiger partial charge < -0.3 is 0 Å². The van der Waals surface area contributed by atoms with Gasteiger partial charge in [0.15, 0.2) is 0 Å². The number of nitrogens with zero attached hydrogens (tertiary/aromatic N) is 1. The molecule has 0 radical (unpaired) electrons. The molecule has 4 aliphatic rings. The quantitative estimate of drug-likeness (QED) is 0.162. The molecular weight excluding hydrogens is 747 g/mol. The van der Waals surface area contributed by atoms with E-state index in [1.54, 1.807) is 5.56 Å². The maximum Gasteiger partial charge on any atom is 0.0709 e. The van der Waals surface area contributed by atoms with Crippen LogP contribution >= 0.6 is 0 Å². The average Bonchev–Trinajstić information content (AvgIpc) is 3.76. The van der Waals surface area contributed by atoms with E-state index < -0.39 is 0 Å². The fraction of sp³-hybridized carbons (Fsp3) is 0.197. The summed E-state index contributed by atoms with van der Waals surface area (Å²) >= 11 is 0. The van der Waals surface area contributed by atoms with Gasteiger partial charge in [0.2, 0.25) is 0 Å². The Morgan fingerprint density at radius 1 is 0.290 bits per heavy atom. The average molecular weight is 796 g/mol. The predicted molar refractivity (Wildman–Crippen MR) is 260 cm³/mol. The molecule has 9 aromatic rings. The zero-order valence-corrected chi connectivity index (χ0v) is 35.3. The van der Waals surface area contributed by atoms with Gasteiger partial charge in [-0.3, -0.25) is 0 Å². The van der Waals surface area contributed by atoms with E-state index in [1.165, 1.54) is 147 Å². The molecule has 0 N–H and O–H groups in total. The molecule has 1 heterocycles. The van der Waals surface area contributed by atoms with Gasteiger partial charge >= 0.3 is 0 Å². The molecule has 0 atom stereocenters. The van der Waals surface area contributed by atoms with Crippen molar-refractivity contribution in [2.24, 2.45) is 0 Å². The fourth-order valence-corrected chi connectivity index (χ4v) is 12.9. The van der Waals surface area contributed by atoms with E-state index in [0.29, 0.717) is 0 Å². The summed E-state index contributed by atoms with van der Waals surface area (Å²) in [6.07, 6.45) is 12.7. The van der Waals surface area contributed by atoms with Gasteiger partial charge in [0.25, 0.3) is 0 Å². The van der Waals surface area contributed by atoms with E-state index in [4.69, 9.17) is 4.98 Å². The van der Waals surface area contributed by atoms with E-state index >= 15 is 0 Å². The number of pyridine rings is 1. The monoisotopic (exact) mass is 795 g/mol. The van der Waals surface area contributed by atoms with E-state index in [0.717, 1.165) is 22.5 Å². The maximum absolute atomic E-state index is 5.30. The molecule has 2 saturated carbocycles. The summed E-state index contributed by atoms with van der Waals surface area (Å²) < 4.78 is 0. The van der Waals surface area contributed by atoms with Crippen LogP contribution in [0.2, 0.25) is 0 Å².